The molecule has 1 aliphatic rings. The number of rotatable bonds is 2. The molecule has 4 rings (SSSR count). The number of hydrogen-bond acceptors (Lipinski definition) is 5. The molecule has 0 spiro atoms. The van der Waals surface area contributed by atoms with Crippen LogP contribution in [0.1, 0.15) is 23.4 Å². The Kier molecular flexibility index (Phi) is 3.54. The van der Waals surface area contributed by atoms with E-state index in [1.165, 1.54) is 32.7 Å². The number of carbonyl (C=O) groups is 1. The van der Waals surface area contributed by atoms with Crippen LogP contribution in [0, 0.1) is 0 Å². The summed E-state index contributed by atoms with van der Waals surface area (Å²) in [7, 11) is 0. The lowest BCUT2D eigenvalue weighted by Crippen LogP contribution is -2.41. The number of aromatic nitrogens is 2. The zero-order valence-corrected chi connectivity index (χ0v) is 14.2. The highest BCUT2D eigenvalue weighted by Crippen LogP contribution is 2.32. The summed E-state index contributed by atoms with van der Waals surface area (Å²) in [6.07, 6.45) is 2.36. The minimum atomic E-state index is -0.148. The summed E-state index contributed by atoms with van der Waals surface area (Å²) in [6.45, 7) is 2.80. The van der Waals surface area contributed by atoms with Gasteiger partial charge in [0.2, 0.25) is 5.91 Å². The third kappa shape index (κ3) is 2.40. The van der Waals surface area contributed by atoms with Gasteiger partial charge in [0, 0.05) is 11.4 Å². The third-order valence-electron chi connectivity index (χ3n) is 4.35. The van der Waals surface area contributed by atoms with Crippen molar-refractivity contribution in [3.63, 3.8) is 0 Å². The first-order valence-electron chi connectivity index (χ1n) is 7.43. The third-order valence-corrected chi connectivity index (χ3v) is 6.17. The quantitative estimate of drug-likeness (QED) is 0.717. The molecule has 118 valence electrons. The molecule has 0 aliphatic carbocycles. The van der Waals surface area contributed by atoms with Gasteiger partial charge in [-0.05, 0) is 41.8 Å². The van der Waals surface area contributed by atoms with Crippen LogP contribution in [0.15, 0.2) is 34.0 Å². The second kappa shape index (κ2) is 5.58. The zero-order chi connectivity index (χ0) is 16.0. The van der Waals surface area contributed by atoms with E-state index >= 15 is 0 Å². The fraction of sp³-hybridized carbons (Fsp3) is 0.312. The van der Waals surface area contributed by atoms with E-state index in [1.54, 1.807) is 17.4 Å². The number of nitrogens with zero attached hydrogens (tertiary/aromatic N) is 3. The lowest BCUT2D eigenvalue weighted by molar-refractivity contribution is -0.134. The topological polar surface area (TPSA) is 55.2 Å². The van der Waals surface area contributed by atoms with Crippen molar-refractivity contribution in [1.82, 2.24) is 14.5 Å². The molecule has 0 saturated heterocycles. The first kappa shape index (κ1) is 14.6. The van der Waals surface area contributed by atoms with Crippen molar-refractivity contribution in [3.05, 3.63) is 50.0 Å². The molecule has 1 aliphatic heterocycles. The van der Waals surface area contributed by atoms with Crippen LogP contribution in [0.3, 0.4) is 0 Å². The van der Waals surface area contributed by atoms with Crippen LogP contribution in [0.5, 0.6) is 0 Å². The average Bonchev–Trinajstić information content (AvgIpc) is 3.19. The Morgan fingerprint density at radius 3 is 3.04 bits per heavy atom. The van der Waals surface area contributed by atoms with E-state index in [9.17, 15) is 9.59 Å². The van der Waals surface area contributed by atoms with Crippen molar-refractivity contribution in [2.45, 2.75) is 25.9 Å². The number of amides is 1. The molecular formula is C16H15N3O2S2. The Bertz CT molecular complexity index is 940. The van der Waals surface area contributed by atoms with Gasteiger partial charge in [-0.15, -0.1) is 22.7 Å². The molecule has 23 heavy (non-hydrogen) atoms. The van der Waals surface area contributed by atoms with Crippen molar-refractivity contribution < 1.29 is 4.79 Å². The summed E-state index contributed by atoms with van der Waals surface area (Å²) in [5.74, 6) is -0.0344. The maximum Gasteiger partial charge on any atom is 0.262 e. The first-order valence-corrected chi connectivity index (χ1v) is 9.19. The monoisotopic (exact) mass is 345 g/mol. The van der Waals surface area contributed by atoms with Crippen molar-refractivity contribution in [2.75, 3.05) is 6.54 Å². The Morgan fingerprint density at radius 1 is 1.35 bits per heavy atom. The van der Waals surface area contributed by atoms with Crippen LogP contribution in [0.25, 0.3) is 10.2 Å². The Labute approximate surface area is 140 Å². The van der Waals surface area contributed by atoms with E-state index in [4.69, 9.17) is 0 Å². The van der Waals surface area contributed by atoms with E-state index < -0.39 is 0 Å². The van der Waals surface area contributed by atoms with Gasteiger partial charge in [-0.3, -0.25) is 14.2 Å². The van der Waals surface area contributed by atoms with Gasteiger partial charge in [-0.25, -0.2) is 4.98 Å². The lowest BCUT2D eigenvalue weighted by atomic mass is 10.0. The van der Waals surface area contributed by atoms with Crippen LogP contribution >= 0.6 is 22.7 Å². The van der Waals surface area contributed by atoms with Gasteiger partial charge < -0.3 is 4.90 Å². The molecule has 0 saturated carbocycles. The molecule has 1 atom stereocenters. The summed E-state index contributed by atoms with van der Waals surface area (Å²) in [5, 5.41) is 4.50. The van der Waals surface area contributed by atoms with E-state index in [2.05, 4.69) is 16.4 Å². The van der Waals surface area contributed by atoms with Crippen molar-refractivity contribution in [1.29, 1.82) is 0 Å². The van der Waals surface area contributed by atoms with Crippen molar-refractivity contribution >= 4 is 38.8 Å². The number of carbonyl (C=O) groups excluding carboxylic acids is 1. The molecular weight excluding hydrogens is 330 g/mol. The maximum absolute atomic E-state index is 12.7. The molecule has 3 aromatic heterocycles. The standard InChI is InChI=1S/C16H15N3O2S2/c1-10-11-3-6-22-13(11)2-5-19(10)14(20)8-18-9-17-15-12(16(18)21)4-7-23-15/h3-4,6-7,9-10H,2,5,8H2,1H3. The van der Waals surface area contributed by atoms with Crippen molar-refractivity contribution in [3.8, 4) is 0 Å². The normalized spacial score (nSPS) is 17.4. The maximum atomic E-state index is 12.7. The molecule has 0 aromatic carbocycles. The Balaban J connectivity index is 1.60. The highest BCUT2D eigenvalue weighted by Gasteiger charge is 2.28. The van der Waals surface area contributed by atoms with Gasteiger partial charge >= 0.3 is 0 Å². The molecule has 0 radical (unpaired) electrons. The molecule has 0 N–H and O–H groups in total. The van der Waals surface area contributed by atoms with Gasteiger partial charge in [-0.2, -0.15) is 0 Å². The summed E-state index contributed by atoms with van der Waals surface area (Å²) in [4.78, 5) is 33.3. The second-order valence-corrected chi connectivity index (χ2v) is 7.52. The summed E-state index contributed by atoms with van der Waals surface area (Å²) >= 11 is 3.18. The van der Waals surface area contributed by atoms with Crippen LogP contribution < -0.4 is 5.56 Å². The number of fused-ring (bicyclic) bond motifs is 2. The predicted octanol–water partition coefficient (Wildman–Crippen LogP) is 2.67. The summed E-state index contributed by atoms with van der Waals surface area (Å²) in [6, 6.07) is 3.92. The van der Waals surface area contributed by atoms with Crippen molar-refractivity contribution in [2.24, 2.45) is 0 Å². The highest BCUT2D eigenvalue weighted by molar-refractivity contribution is 7.16. The summed E-state index contributed by atoms with van der Waals surface area (Å²) in [5.41, 5.74) is 1.08. The van der Waals surface area contributed by atoms with E-state index in [-0.39, 0.29) is 24.1 Å². The van der Waals surface area contributed by atoms with Crippen LogP contribution in [-0.4, -0.2) is 26.9 Å². The number of hydrogen-bond donors (Lipinski definition) is 0. The minimum absolute atomic E-state index is 0.0344. The number of thiophene rings is 2. The van der Waals surface area contributed by atoms with E-state index in [1.807, 2.05) is 17.2 Å². The first-order chi connectivity index (χ1) is 11.1. The largest absolute Gasteiger partial charge is 0.334 e. The SMILES string of the molecule is CC1c2ccsc2CCN1C(=O)Cn1cnc2sccc2c1=O. The van der Waals surface area contributed by atoms with Crippen LogP contribution in [0.2, 0.25) is 0 Å². The molecule has 4 heterocycles. The fourth-order valence-corrected chi connectivity index (χ4v) is 4.78. The van der Waals surface area contributed by atoms with Crippen LogP contribution in [-0.2, 0) is 17.8 Å². The molecule has 1 unspecified atom stereocenters. The predicted molar refractivity (Wildman–Crippen MR) is 92.0 cm³/mol. The fourth-order valence-electron chi connectivity index (χ4n) is 3.09. The minimum Gasteiger partial charge on any atom is -0.334 e. The Hall–Kier alpha value is -1.99. The van der Waals surface area contributed by atoms with Gasteiger partial charge in [-0.1, -0.05) is 0 Å². The molecule has 0 fully saturated rings. The van der Waals surface area contributed by atoms with Gasteiger partial charge in [0.25, 0.3) is 5.56 Å². The molecule has 0 bridgehead atoms. The average molecular weight is 345 g/mol. The molecule has 7 heteroatoms. The smallest absolute Gasteiger partial charge is 0.262 e. The van der Waals surface area contributed by atoms with Gasteiger partial charge in [0.05, 0.1) is 17.8 Å². The Morgan fingerprint density at radius 2 is 2.17 bits per heavy atom. The molecule has 1 amide bonds. The van der Waals surface area contributed by atoms with Crippen LogP contribution in [0.4, 0.5) is 0 Å². The van der Waals surface area contributed by atoms with Gasteiger partial charge in [0.15, 0.2) is 0 Å². The van der Waals surface area contributed by atoms with E-state index in [0.29, 0.717) is 16.8 Å². The molecule has 3 aromatic rings. The lowest BCUT2D eigenvalue weighted by Gasteiger charge is -2.33. The zero-order valence-electron chi connectivity index (χ0n) is 12.6. The second-order valence-electron chi connectivity index (χ2n) is 5.63. The molecule has 5 nitrogen and oxygen atoms in total. The highest BCUT2D eigenvalue weighted by atomic mass is 32.1. The van der Waals surface area contributed by atoms with E-state index in [0.717, 1.165) is 6.42 Å². The summed E-state index contributed by atoms with van der Waals surface area (Å²) < 4.78 is 1.41. The van der Waals surface area contributed by atoms with Gasteiger partial charge in [0.1, 0.15) is 11.4 Å².